The van der Waals surface area contributed by atoms with Gasteiger partial charge in [-0.15, -0.1) is 0 Å². The van der Waals surface area contributed by atoms with Crippen LogP contribution >= 0.6 is 0 Å². The van der Waals surface area contributed by atoms with Crippen LogP contribution in [0.5, 0.6) is 0 Å². The number of carbonyl (C=O) groups is 4. The normalized spacial score (nSPS) is 10.8. The SMILES string of the molecule is CCCCCCCCCCCCCCCCCCCCCCOC(=O)CCC(=O)[O-].CCCCCCCCCCCCCCCCCCCCCCOC(=O)CCC(=O)[O-].[Ca+2]. The van der Waals surface area contributed by atoms with Crippen molar-refractivity contribution < 1.29 is 38.9 Å². The smallest absolute Gasteiger partial charge is 0.550 e. The third kappa shape index (κ3) is 63.5. The molecule has 0 aliphatic rings. The summed E-state index contributed by atoms with van der Waals surface area (Å²) in [4.78, 5) is 43.0. The van der Waals surface area contributed by atoms with Crippen molar-refractivity contribution in [1.82, 2.24) is 0 Å². The van der Waals surface area contributed by atoms with E-state index in [-0.39, 0.29) is 63.4 Å². The molecule has 0 unspecified atom stereocenters. The molecule has 0 atom stereocenters. The fourth-order valence-corrected chi connectivity index (χ4v) is 7.64. The van der Waals surface area contributed by atoms with E-state index in [4.69, 9.17) is 9.47 Å². The number of hydrogen-bond acceptors (Lipinski definition) is 8. The van der Waals surface area contributed by atoms with Crippen LogP contribution in [-0.4, -0.2) is 74.8 Å². The van der Waals surface area contributed by atoms with Gasteiger partial charge in [0.05, 0.1) is 26.1 Å². The number of unbranched alkanes of at least 4 members (excludes halogenated alkanes) is 38. The van der Waals surface area contributed by atoms with E-state index < -0.39 is 23.9 Å². The Morgan fingerprint density at radius 2 is 0.443 bits per heavy atom. The topological polar surface area (TPSA) is 133 Å². The predicted molar refractivity (Wildman–Crippen MR) is 252 cm³/mol. The summed E-state index contributed by atoms with van der Waals surface area (Å²) in [6, 6.07) is 0. The molecule has 0 N–H and O–H groups in total. The summed E-state index contributed by atoms with van der Waals surface area (Å²) in [5.41, 5.74) is 0. The summed E-state index contributed by atoms with van der Waals surface area (Å²) < 4.78 is 10.00. The summed E-state index contributed by atoms with van der Waals surface area (Å²) in [6.45, 7) is 5.37. The number of carboxylic acids is 2. The van der Waals surface area contributed by atoms with Crippen LogP contribution < -0.4 is 10.2 Å². The molecule has 0 radical (unpaired) electrons. The van der Waals surface area contributed by atoms with E-state index in [2.05, 4.69) is 13.8 Å². The van der Waals surface area contributed by atoms with Crippen molar-refractivity contribution in [2.75, 3.05) is 13.2 Å². The number of esters is 2. The monoisotopic (exact) mass is 891 g/mol. The summed E-state index contributed by atoms with van der Waals surface area (Å²) in [5.74, 6) is -3.27. The first-order valence-corrected chi connectivity index (χ1v) is 26.0. The molecule has 0 aliphatic carbocycles. The largest absolute Gasteiger partial charge is 2.00 e. The number of ether oxygens (including phenoxy) is 2. The van der Waals surface area contributed by atoms with E-state index in [1.165, 1.54) is 231 Å². The molecule has 8 nitrogen and oxygen atoms in total. The van der Waals surface area contributed by atoms with Crippen LogP contribution in [0.25, 0.3) is 0 Å². The fourth-order valence-electron chi connectivity index (χ4n) is 7.64. The average Bonchev–Trinajstić information content (AvgIpc) is 3.23. The molecule has 61 heavy (non-hydrogen) atoms. The second kappa shape index (κ2) is 57.2. The van der Waals surface area contributed by atoms with Gasteiger partial charge in [-0.25, -0.2) is 0 Å². The zero-order chi connectivity index (χ0) is 44.3. The molecule has 0 bridgehead atoms. The van der Waals surface area contributed by atoms with Gasteiger partial charge in [0.2, 0.25) is 0 Å². The Morgan fingerprint density at radius 3 is 0.607 bits per heavy atom. The quantitative estimate of drug-likeness (QED) is 0.0335. The van der Waals surface area contributed by atoms with Crippen molar-refractivity contribution in [2.45, 2.75) is 296 Å². The molecule has 9 heteroatoms. The molecule has 0 fully saturated rings. The van der Waals surface area contributed by atoms with Gasteiger partial charge in [0.15, 0.2) is 0 Å². The van der Waals surface area contributed by atoms with Crippen molar-refractivity contribution in [3.63, 3.8) is 0 Å². The van der Waals surface area contributed by atoms with Crippen LogP contribution in [0.4, 0.5) is 0 Å². The molecule has 0 saturated carbocycles. The Balaban J connectivity index is -0.00000109. The maximum atomic E-state index is 11.2. The zero-order valence-corrected chi connectivity index (χ0v) is 42.7. The van der Waals surface area contributed by atoms with Gasteiger partial charge >= 0.3 is 49.7 Å². The molecule has 0 amide bonds. The molecular weight excluding hydrogens is 793 g/mol. The Labute approximate surface area is 407 Å². The average molecular weight is 891 g/mol. The summed E-state index contributed by atoms with van der Waals surface area (Å²) in [6.07, 6.45) is 53.1. The van der Waals surface area contributed by atoms with E-state index >= 15 is 0 Å². The number of carbonyl (C=O) groups excluding carboxylic acids is 4. The minimum atomic E-state index is -1.20. The number of aliphatic carboxylic acids is 2. The van der Waals surface area contributed by atoms with Crippen LogP contribution in [0.1, 0.15) is 296 Å². The molecule has 0 aliphatic heterocycles. The van der Waals surface area contributed by atoms with Crippen LogP contribution in [0.2, 0.25) is 0 Å². The fraction of sp³-hybridized carbons (Fsp3) is 0.923. The minimum Gasteiger partial charge on any atom is -0.550 e. The summed E-state index contributed by atoms with van der Waals surface area (Å²) in [7, 11) is 0. The van der Waals surface area contributed by atoms with Gasteiger partial charge in [-0.05, 0) is 25.7 Å². The molecule has 0 aromatic rings. The first-order chi connectivity index (χ1) is 29.3. The zero-order valence-electron chi connectivity index (χ0n) is 40.5. The summed E-state index contributed by atoms with van der Waals surface area (Å²) in [5, 5.41) is 20.5. The van der Waals surface area contributed by atoms with E-state index in [0.717, 1.165) is 25.7 Å². The third-order valence-corrected chi connectivity index (χ3v) is 11.6. The first kappa shape index (κ1) is 64.4. The summed E-state index contributed by atoms with van der Waals surface area (Å²) >= 11 is 0. The van der Waals surface area contributed by atoms with Crippen LogP contribution in [0.15, 0.2) is 0 Å². The third-order valence-electron chi connectivity index (χ3n) is 11.6. The second-order valence-electron chi connectivity index (χ2n) is 17.6. The molecule has 0 heterocycles. The van der Waals surface area contributed by atoms with Crippen molar-refractivity contribution in [3.05, 3.63) is 0 Å². The minimum absolute atomic E-state index is 0. The maximum Gasteiger partial charge on any atom is 2.00 e. The molecule has 0 spiro atoms. The van der Waals surface area contributed by atoms with Crippen molar-refractivity contribution in [1.29, 1.82) is 0 Å². The van der Waals surface area contributed by atoms with Gasteiger partial charge in [-0.1, -0.05) is 258 Å². The van der Waals surface area contributed by atoms with E-state index in [1.807, 2.05) is 0 Å². The Morgan fingerprint density at radius 1 is 0.279 bits per heavy atom. The molecule has 0 aromatic carbocycles. The maximum absolute atomic E-state index is 11.2. The van der Waals surface area contributed by atoms with Gasteiger partial charge in [0.25, 0.3) is 0 Å². The first-order valence-electron chi connectivity index (χ1n) is 26.0. The molecule has 0 saturated heterocycles. The Bertz CT molecular complexity index is 842. The second-order valence-corrected chi connectivity index (χ2v) is 17.6. The van der Waals surface area contributed by atoms with E-state index in [1.54, 1.807) is 0 Å². The van der Waals surface area contributed by atoms with Gasteiger partial charge in [0.1, 0.15) is 0 Å². The van der Waals surface area contributed by atoms with Crippen LogP contribution in [-0.2, 0) is 28.7 Å². The van der Waals surface area contributed by atoms with Gasteiger partial charge in [0, 0.05) is 11.9 Å². The predicted octanol–water partition coefficient (Wildman–Crippen LogP) is 13.4. The number of carboxylic acid groups (broad SMARTS) is 2. The van der Waals surface area contributed by atoms with E-state index in [9.17, 15) is 29.4 Å². The van der Waals surface area contributed by atoms with Gasteiger partial charge in [-0.2, -0.15) is 0 Å². The van der Waals surface area contributed by atoms with Crippen molar-refractivity contribution >= 4 is 61.6 Å². The van der Waals surface area contributed by atoms with Gasteiger partial charge < -0.3 is 29.3 Å². The molecular formula is C52H98CaO8. The molecule has 0 rings (SSSR count). The van der Waals surface area contributed by atoms with Crippen molar-refractivity contribution in [3.8, 4) is 0 Å². The number of rotatable bonds is 48. The standard InChI is InChI=1S/2C26H50O4.Ca/c2*1-2-3-4-5-6-7-8-9-10-11-12-13-14-15-16-17-18-19-20-21-24-30-26(29)23-22-25(27)28;/h2*2-24H2,1H3,(H,27,28);/q;;+2/p-2. The molecule has 356 valence electrons. The van der Waals surface area contributed by atoms with E-state index in [0.29, 0.717) is 13.2 Å². The van der Waals surface area contributed by atoms with Gasteiger partial charge in [-0.3, -0.25) is 9.59 Å². The van der Waals surface area contributed by atoms with Crippen molar-refractivity contribution in [2.24, 2.45) is 0 Å². The van der Waals surface area contributed by atoms with Crippen LogP contribution in [0, 0.1) is 0 Å². The molecule has 0 aromatic heterocycles. The Kier molecular flexibility index (Phi) is 60.4. The van der Waals surface area contributed by atoms with Crippen LogP contribution in [0.3, 0.4) is 0 Å². The number of hydrogen-bond donors (Lipinski definition) is 0. The Hall–Kier alpha value is -0.860.